The molecule has 2 aliphatic heterocycles. The highest BCUT2D eigenvalue weighted by atomic mass is 19.1. The van der Waals surface area contributed by atoms with E-state index in [1.54, 1.807) is 18.2 Å². The van der Waals surface area contributed by atoms with Gasteiger partial charge in [-0.05, 0) is 69.5 Å². The van der Waals surface area contributed by atoms with Crippen LogP contribution < -0.4 is 5.32 Å². The molecule has 0 saturated carbocycles. The van der Waals surface area contributed by atoms with Crippen molar-refractivity contribution < 1.29 is 14.0 Å². The molecule has 0 unspecified atom stereocenters. The Morgan fingerprint density at radius 2 is 1.60 bits per heavy atom. The van der Waals surface area contributed by atoms with E-state index in [1.165, 1.54) is 38.1 Å². The predicted octanol–water partition coefficient (Wildman–Crippen LogP) is 4.09. The van der Waals surface area contributed by atoms with Crippen LogP contribution in [-0.2, 0) is 0 Å². The maximum Gasteiger partial charge on any atom is 0.258 e. The lowest BCUT2D eigenvalue weighted by atomic mass is 10.0. The molecule has 0 radical (unpaired) electrons. The number of halogens is 1. The summed E-state index contributed by atoms with van der Waals surface area (Å²) in [4.78, 5) is 30.3. The van der Waals surface area contributed by atoms with Gasteiger partial charge in [0.1, 0.15) is 5.82 Å². The number of likely N-dealkylation sites (tertiary alicyclic amines) is 2. The fourth-order valence-corrected chi connectivity index (χ4v) is 4.55. The Morgan fingerprint density at radius 3 is 2.30 bits per heavy atom. The number of nitrogens with one attached hydrogen (secondary N) is 1. The van der Waals surface area contributed by atoms with Crippen LogP contribution in [-0.4, -0.2) is 53.8 Å². The minimum absolute atomic E-state index is 0.0365. The van der Waals surface area contributed by atoms with Crippen LogP contribution in [0.15, 0.2) is 42.5 Å². The number of anilines is 1. The van der Waals surface area contributed by atoms with E-state index in [1.807, 2.05) is 24.0 Å². The zero-order valence-electron chi connectivity index (χ0n) is 17.4. The summed E-state index contributed by atoms with van der Waals surface area (Å²) >= 11 is 0. The lowest BCUT2D eigenvalue weighted by molar-refractivity contribution is 0.0645. The van der Waals surface area contributed by atoms with Gasteiger partial charge in [-0.2, -0.15) is 0 Å². The molecule has 30 heavy (non-hydrogen) atoms. The SMILES string of the molecule is Cc1cccc(C(=O)N2CCC(N3CCCC3)CC2)c1NC(=O)c1ccccc1F. The molecule has 0 atom stereocenters. The number of piperidine rings is 1. The third-order valence-corrected chi connectivity index (χ3v) is 6.27. The fraction of sp³-hybridized carbons (Fsp3) is 0.417. The van der Waals surface area contributed by atoms with Gasteiger partial charge < -0.3 is 15.1 Å². The Morgan fingerprint density at radius 1 is 0.933 bits per heavy atom. The highest BCUT2D eigenvalue weighted by molar-refractivity contribution is 6.09. The number of aryl methyl sites for hydroxylation is 1. The molecule has 4 rings (SSSR count). The van der Waals surface area contributed by atoms with Gasteiger partial charge in [-0.3, -0.25) is 9.59 Å². The van der Waals surface area contributed by atoms with Crippen LogP contribution in [0.1, 0.15) is 52.0 Å². The summed E-state index contributed by atoms with van der Waals surface area (Å²) in [7, 11) is 0. The number of hydrogen-bond donors (Lipinski definition) is 1. The van der Waals surface area contributed by atoms with E-state index >= 15 is 0 Å². The Balaban J connectivity index is 1.49. The molecule has 2 heterocycles. The number of nitrogens with zero attached hydrogens (tertiary/aromatic N) is 2. The number of carbonyl (C=O) groups is 2. The quantitative estimate of drug-likeness (QED) is 0.828. The zero-order valence-corrected chi connectivity index (χ0v) is 17.4. The molecule has 1 N–H and O–H groups in total. The van der Waals surface area contributed by atoms with Crippen molar-refractivity contribution in [3.05, 3.63) is 65.0 Å². The number of carbonyl (C=O) groups excluding carboxylic acids is 2. The molecule has 2 saturated heterocycles. The molecule has 0 aliphatic carbocycles. The largest absolute Gasteiger partial charge is 0.338 e. The van der Waals surface area contributed by atoms with Crippen molar-refractivity contribution >= 4 is 17.5 Å². The van der Waals surface area contributed by atoms with Gasteiger partial charge in [0.15, 0.2) is 0 Å². The van der Waals surface area contributed by atoms with Crippen LogP contribution in [0.4, 0.5) is 10.1 Å². The third kappa shape index (κ3) is 4.24. The van der Waals surface area contributed by atoms with E-state index in [0.717, 1.165) is 18.4 Å². The van der Waals surface area contributed by atoms with E-state index in [9.17, 15) is 14.0 Å². The topological polar surface area (TPSA) is 52.7 Å². The van der Waals surface area contributed by atoms with Crippen LogP contribution in [0, 0.1) is 12.7 Å². The van der Waals surface area contributed by atoms with Crippen LogP contribution in [0.3, 0.4) is 0 Å². The summed E-state index contributed by atoms with van der Waals surface area (Å²) in [5, 5.41) is 2.77. The number of para-hydroxylation sites is 1. The molecule has 2 aliphatic rings. The number of benzene rings is 2. The third-order valence-electron chi connectivity index (χ3n) is 6.27. The Labute approximate surface area is 176 Å². The van der Waals surface area contributed by atoms with Crippen molar-refractivity contribution in [2.75, 3.05) is 31.5 Å². The van der Waals surface area contributed by atoms with Gasteiger partial charge in [-0.25, -0.2) is 4.39 Å². The first-order valence-corrected chi connectivity index (χ1v) is 10.7. The second-order valence-corrected chi connectivity index (χ2v) is 8.20. The van der Waals surface area contributed by atoms with Gasteiger partial charge in [-0.15, -0.1) is 0 Å². The first-order valence-electron chi connectivity index (χ1n) is 10.7. The van der Waals surface area contributed by atoms with E-state index in [-0.39, 0.29) is 11.5 Å². The normalized spacial score (nSPS) is 17.9. The van der Waals surface area contributed by atoms with Crippen molar-refractivity contribution in [3.8, 4) is 0 Å². The summed E-state index contributed by atoms with van der Waals surface area (Å²) in [6, 6.07) is 11.8. The van der Waals surface area contributed by atoms with Crippen LogP contribution in [0.5, 0.6) is 0 Å². The van der Waals surface area contributed by atoms with Crippen molar-refractivity contribution in [1.82, 2.24) is 9.80 Å². The summed E-state index contributed by atoms with van der Waals surface area (Å²) in [6.45, 7) is 5.61. The van der Waals surface area contributed by atoms with Gasteiger partial charge in [0.2, 0.25) is 0 Å². The predicted molar refractivity (Wildman–Crippen MR) is 115 cm³/mol. The molecule has 0 aromatic heterocycles. The number of rotatable bonds is 4. The molecule has 2 fully saturated rings. The van der Waals surface area contributed by atoms with E-state index in [2.05, 4.69) is 10.2 Å². The Hall–Kier alpha value is -2.73. The fourth-order valence-electron chi connectivity index (χ4n) is 4.55. The Kier molecular flexibility index (Phi) is 6.13. The Bertz CT molecular complexity index is 932. The molecule has 2 aromatic carbocycles. The maximum absolute atomic E-state index is 14.0. The minimum Gasteiger partial charge on any atom is -0.338 e. The number of hydrogen-bond acceptors (Lipinski definition) is 3. The highest BCUT2D eigenvalue weighted by Gasteiger charge is 2.30. The molecule has 6 heteroatoms. The molecule has 2 aromatic rings. The van der Waals surface area contributed by atoms with Crippen molar-refractivity contribution in [1.29, 1.82) is 0 Å². The van der Waals surface area contributed by atoms with Gasteiger partial charge in [0, 0.05) is 19.1 Å². The zero-order chi connectivity index (χ0) is 21.1. The second kappa shape index (κ2) is 8.96. The van der Waals surface area contributed by atoms with Crippen LogP contribution >= 0.6 is 0 Å². The van der Waals surface area contributed by atoms with Crippen molar-refractivity contribution in [2.24, 2.45) is 0 Å². The van der Waals surface area contributed by atoms with Gasteiger partial charge >= 0.3 is 0 Å². The molecule has 158 valence electrons. The van der Waals surface area contributed by atoms with Crippen molar-refractivity contribution in [3.63, 3.8) is 0 Å². The molecular weight excluding hydrogens is 381 g/mol. The standard InChI is InChI=1S/C24H28FN3O2/c1-17-7-6-9-20(22(17)26-23(29)19-8-2-3-10-21(19)25)24(30)28-15-11-18(12-16-28)27-13-4-5-14-27/h2-3,6-10,18H,4-5,11-16H2,1H3,(H,26,29). The first-order chi connectivity index (χ1) is 14.5. The van der Waals surface area contributed by atoms with Gasteiger partial charge in [0.25, 0.3) is 11.8 Å². The lowest BCUT2D eigenvalue weighted by Gasteiger charge is -2.37. The highest BCUT2D eigenvalue weighted by Crippen LogP contribution is 2.26. The molecular formula is C24H28FN3O2. The van der Waals surface area contributed by atoms with Crippen LogP contribution in [0.2, 0.25) is 0 Å². The number of amides is 2. The molecule has 0 bridgehead atoms. The summed E-state index contributed by atoms with van der Waals surface area (Å²) in [5.41, 5.74) is 1.65. The molecule has 2 amide bonds. The summed E-state index contributed by atoms with van der Waals surface area (Å²) in [5.74, 6) is -1.22. The van der Waals surface area contributed by atoms with Gasteiger partial charge in [-0.1, -0.05) is 24.3 Å². The minimum atomic E-state index is -0.583. The van der Waals surface area contributed by atoms with E-state index in [4.69, 9.17) is 0 Å². The second-order valence-electron chi connectivity index (χ2n) is 8.20. The maximum atomic E-state index is 14.0. The smallest absolute Gasteiger partial charge is 0.258 e. The average Bonchev–Trinajstić information content (AvgIpc) is 3.30. The van der Waals surface area contributed by atoms with Crippen molar-refractivity contribution in [2.45, 2.75) is 38.6 Å². The summed E-state index contributed by atoms with van der Waals surface area (Å²) in [6.07, 6.45) is 4.50. The molecule has 0 spiro atoms. The van der Waals surface area contributed by atoms with Gasteiger partial charge in [0.05, 0.1) is 16.8 Å². The first kappa shape index (κ1) is 20.5. The van der Waals surface area contributed by atoms with Crippen LogP contribution in [0.25, 0.3) is 0 Å². The van der Waals surface area contributed by atoms with E-state index in [0.29, 0.717) is 30.4 Å². The molecule has 5 nitrogen and oxygen atoms in total. The summed E-state index contributed by atoms with van der Waals surface area (Å²) < 4.78 is 14.0. The lowest BCUT2D eigenvalue weighted by Crippen LogP contribution is -2.46. The average molecular weight is 410 g/mol. The monoisotopic (exact) mass is 409 g/mol. The van der Waals surface area contributed by atoms with E-state index < -0.39 is 11.7 Å².